The third-order valence-electron chi connectivity index (χ3n) is 2.43. The summed E-state index contributed by atoms with van der Waals surface area (Å²) in [6.07, 6.45) is 7.83. The monoisotopic (exact) mass is 208 g/mol. The number of hydrogen-bond donors (Lipinski definition) is 1. The molecule has 0 spiro atoms. The summed E-state index contributed by atoms with van der Waals surface area (Å²) in [7, 11) is 0. The predicted molar refractivity (Wildman–Crippen MR) is 62.7 cm³/mol. The summed E-state index contributed by atoms with van der Waals surface area (Å²) >= 11 is 0. The van der Waals surface area contributed by atoms with Crippen LogP contribution in [0.4, 0.5) is 0 Å². The van der Waals surface area contributed by atoms with E-state index in [0.29, 0.717) is 6.42 Å². The molecule has 0 aromatic carbocycles. The Morgan fingerprint density at radius 2 is 2.33 bits per heavy atom. The first-order valence-electron chi connectivity index (χ1n) is 5.76. The van der Waals surface area contributed by atoms with Crippen LogP contribution in [0.3, 0.4) is 0 Å². The predicted octanol–water partition coefficient (Wildman–Crippen LogP) is 2.78. The molecule has 1 rings (SSSR count). The molecule has 0 bridgehead atoms. The number of amides is 1. The molecule has 0 radical (unpaired) electrons. The maximum absolute atomic E-state index is 11.5. The van der Waals surface area contributed by atoms with E-state index in [1.807, 2.05) is 13.0 Å². The number of carbonyl (C=O) groups is 1. The first-order valence-corrected chi connectivity index (χ1v) is 5.76. The van der Waals surface area contributed by atoms with Crippen molar-refractivity contribution < 1.29 is 4.79 Å². The average molecular weight is 208 g/mol. The highest BCUT2D eigenvalue weighted by Crippen LogP contribution is 2.08. The number of unbranched alkanes of at least 4 members (excludes halogenated alkanes) is 2. The molecule has 1 aliphatic rings. The Hall–Kier alpha value is -1.12. The first kappa shape index (κ1) is 12.0. The van der Waals surface area contributed by atoms with Crippen molar-refractivity contribution in [2.75, 3.05) is 0 Å². The van der Waals surface area contributed by atoms with Crippen LogP contribution in [0, 0.1) is 0 Å². The lowest BCUT2D eigenvalue weighted by Gasteiger charge is -2.10. The highest BCUT2D eigenvalue weighted by Gasteiger charge is 2.06. The van der Waals surface area contributed by atoms with Crippen LogP contribution >= 0.6 is 0 Å². The molecule has 0 aromatic heterocycles. The average Bonchev–Trinajstić information content (AvgIpc) is 2.18. The summed E-state index contributed by atoms with van der Waals surface area (Å²) in [6.45, 7) is 4.13. The Morgan fingerprint density at radius 1 is 1.53 bits per heavy atom. The van der Waals surface area contributed by atoms with Crippen LogP contribution in [0.5, 0.6) is 0 Å². The van der Waals surface area contributed by atoms with Crippen molar-refractivity contribution in [3.05, 3.63) is 11.9 Å². The summed E-state index contributed by atoms with van der Waals surface area (Å²) in [6, 6.07) is 0. The lowest BCUT2D eigenvalue weighted by atomic mass is 10.1. The lowest BCUT2D eigenvalue weighted by molar-refractivity contribution is -0.120. The minimum absolute atomic E-state index is 0.0909. The maximum atomic E-state index is 11.5. The van der Waals surface area contributed by atoms with Crippen LogP contribution in [0.1, 0.15) is 52.4 Å². The molecule has 0 saturated heterocycles. The highest BCUT2D eigenvalue weighted by molar-refractivity contribution is 5.85. The topological polar surface area (TPSA) is 41.5 Å². The second kappa shape index (κ2) is 6.38. The van der Waals surface area contributed by atoms with Crippen LogP contribution in [0.25, 0.3) is 0 Å². The molecule has 0 atom stereocenters. The minimum Gasteiger partial charge on any atom is -0.311 e. The van der Waals surface area contributed by atoms with Crippen molar-refractivity contribution >= 4 is 11.6 Å². The van der Waals surface area contributed by atoms with E-state index in [1.165, 1.54) is 0 Å². The molecule has 1 heterocycles. The van der Waals surface area contributed by atoms with E-state index in [9.17, 15) is 4.79 Å². The van der Waals surface area contributed by atoms with E-state index in [4.69, 9.17) is 0 Å². The standard InChI is InChI=1S/C12H20N2O/c1-3-4-5-9-12(15)14-11-8-6-7-10(2)13-11/h8H,3-7,9H2,1-2H3,(H,14,15). The number of nitrogens with zero attached hydrogens (tertiary/aromatic N) is 1. The number of nitrogens with one attached hydrogen (secondary N) is 1. The van der Waals surface area contributed by atoms with Gasteiger partial charge in [0.15, 0.2) is 0 Å². The van der Waals surface area contributed by atoms with E-state index < -0.39 is 0 Å². The third kappa shape index (κ3) is 4.77. The van der Waals surface area contributed by atoms with Gasteiger partial charge in [-0.3, -0.25) is 4.79 Å². The van der Waals surface area contributed by atoms with Gasteiger partial charge in [-0.15, -0.1) is 0 Å². The third-order valence-corrected chi connectivity index (χ3v) is 2.43. The van der Waals surface area contributed by atoms with Crippen molar-refractivity contribution in [1.29, 1.82) is 0 Å². The molecular formula is C12H20N2O. The Bertz CT molecular complexity index is 279. The maximum Gasteiger partial charge on any atom is 0.225 e. The largest absolute Gasteiger partial charge is 0.311 e. The smallest absolute Gasteiger partial charge is 0.225 e. The molecule has 3 nitrogen and oxygen atoms in total. The van der Waals surface area contributed by atoms with Gasteiger partial charge in [0, 0.05) is 12.1 Å². The van der Waals surface area contributed by atoms with Gasteiger partial charge in [-0.2, -0.15) is 0 Å². The van der Waals surface area contributed by atoms with Crippen LogP contribution < -0.4 is 5.32 Å². The van der Waals surface area contributed by atoms with E-state index >= 15 is 0 Å². The molecule has 15 heavy (non-hydrogen) atoms. The van der Waals surface area contributed by atoms with Crippen molar-refractivity contribution in [2.24, 2.45) is 4.99 Å². The molecule has 1 N–H and O–H groups in total. The van der Waals surface area contributed by atoms with Crippen molar-refractivity contribution in [2.45, 2.75) is 52.4 Å². The fraction of sp³-hybridized carbons (Fsp3) is 0.667. The van der Waals surface area contributed by atoms with E-state index in [1.54, 1.807) is 0 Å². The van der Waals surface area contributed by atoms with Crippen molar-refractivity contribution in [3.8, 4) is 0 Å². The molecule has 0 aliphatic carbocycles. The van der Waals surface area contributed by atoms with E-state index in [-0.39, 0.29) is 5.91 Å². The number of carbonyl (C=O) groups excluding carboxylic acids is 1. The van der Waals surface area contributed by atoms with Gasteiger partial charge in [-0.1, -0.05) is 19.8 Å². The van der Waals surface area contributed by atoms with Gasteiger partial charge >= 0.3 is 0 Å². The summed E-state index contributed by atoms with van der Waals surface area (Å²) in [5.74, 6) is 0.827. The van der Waals surface area contributed by atoms with Gasteiger partial charge in [0.25, 0.3) is 0 Å². The Kier molecular flexibility index (Phi) is 5.08. The van der Waals surface area contributed by atoms with Crippen LogP contribution in [-0.2, 0) is 4.79 Å². The van der Waals surface area contributed by atoms with Crippen LogP contribution in [0.2, 0.25) is 0 Å². The summed E-state index contributed by atoms with van der Waals surface area (Å²) < 4.78 is 0. The van der Waals surface area contributed by atoms with Crippen molar-refractivity contribution in [3.63, 3.8) is 0 Å². The Labute approximate surface area is 91.7 Å². The van der Waals surface area contributed by atoms with Crippen LogP contribution in [0.15, 0.2) is 16.9 Å². The Balaban J connectivity index is 2.29. The van der Waals surface area contributed by atoms with Gasteiger partial charge in [0.1, 0.15) is 5.82 Å². The molecule has 1 amide bonds. The highest BCUT2D eigenvalue weighted by atomic mass is 16.1. The van der Waals surface area contributed by atoms with Gasteiger partial charge in [-0.05, 0) is 32.3 Å². The molecule has 0 saturated carbocycles. The Morgan fingerprint density at radius 3 is 3.00 bits per heavy atom. The second-order valence-electron chi connectivity index (χ2n) is 3.98. The first-order chi connectivity index (χ1) is 7.22. The van der Waals surface area contributed by atoms with Gasteiger partial charge in [-0.25, -0.2) is 4.99 Å². The fourth-order valence-electron chi connectivity index (χ4n) is 1.54. The van der Waals surface area contributed by atoms with E-state index in [0.717, 1.165) is 43.6 Å². The number of rotatable bonds is 5. The second-order valence-corrected chi connectivity index (χ2v) is 3.98. The lowest BCUT2D eigenvalue weighted by Crippen LogP contribution is -2.23. The zero-order chi connectivity index (χ0) is 11.1. The minimum atomic E-state index is 0.0909. The molecule has 3 heteroatoms. The molecule has 0 fully saturated rings. The number of aliphatic imine (C=N–C) groups is 1. The van der Waals surface area contributed by atoms with Crippen molar-refractivity contribution in [1.82, 2.24) is 5.32 Å². The SMILES string of the molecule is CCCCCC(=O)NC1=CCCC(C)=N1. The quantitative estimate of drug-likeness (QED) is 0.693. The molecular weight excluding hydrogens is 188 g/mol. The molecule has 84 valence electrons. The van der Waals surface area contributed by atoms with E-state index in [2.05, 4.69) is 17.2 Å². The molecule has 1 aliphatic heterocycles. The van der Waals surface area contributed by atoms with Gasteiger partial charge in [0.05, 0.1) is 0 Å². The fourth-order valence-corrected chi connectivity index (χ4v) is 1.54. The van der Waals surface area contributed by atoms with Gasteiger partial charge < -0.3 is 5.32 Å². The summed E-state index contributed by atoms with van der Waals surface area (Å²) in [5.41, 5.74) is 1.10. The molecule has 0 unspecified atom stereocenters. The zero-order valence-electron chi connectivity index (χ0n) is 9.68. The summed E-state index contributed by atoms with van der Waals surface area (Å²) in [5, 5.41) is 2.84. The summed E-state index contributed by atoms with van der Waals surface area (Å²) in [4.78, 5) is 15.8. The number of hydrogen-bond acceptors (Lipinski definition) is 2. The number of allylic oxidation sites excluding steroid dienone is 1. The molecule has 0 aromatic rings. The zero-order valence-corrected chi connectivity index (χ0v) is 9.68. The van der Waals surface area contributed by atoms with Crippen LogP contribution in [-0.4, -0.2) is 11.6 Å². The normalized spacial score (nSPS) is 15.6. The van der Waals surface area contributed by atoms with Gasteiger partial charge in [0.2, 0.25) is 5.91 Å².